The lowest BCUT2D eigenvalue weighted by molar-refractivity contribution is -0.124. The molecule has 1 aromatic heterocycles. The lowest BCUT2D eigenvalue weighted by Crippen LogP contribution is -2.51. The van der Waals surface area contributed by atoms with Crippen molar-refractivity contribution in [2.24, 2.45) is 0 Å². The Bertz CT molecular complexity index is 377. The van der Waals surface area contributed by atoms with Crippen molar-refractivity contribution in [3.8, 4) is 0 Å². The molecule has 0 saturated carbocycles. The monoisotopic (exact) mass is 321 g/mol. The summed E-state index contributed by atoms with van der Waals surface area (Å²) in [6, 6.07) is 1.98. The van der Waals surface area contributed by atoms with Crippen LogP contribution in [0, 0.1) is 0 Å². The maximum atomic E-state index is 11.6. The molecule has 0 atom stereocenters. The molecule has 1 aromatic rings. The molecule has 0 fully saturated rings. The van der Waals surface area contributed by atoms with E-state index in [9.17, 15) is 4.79 Å². The summed E-state index contributed by atoms with van der Waals surface area (Å²) in [6.45, 7) is 1.05. The minimum absolute atomic E-state index is 0.167. The molecule has 3 N–H and O–H groups in total. The third kappa shape index (κ3) is 4.75. The molecule has 0 radical (unpaired) electrons. The van der Waals surface area contributed by atoms with E-state index in [-0.39, 0.29) is 19.1 Å². The summed E-state index contributed by atoms with van der Waals surface area (Å²) < 4.78 is 1.02. The highest BCUT2D eigenvalue weighted by Gasteiger charge is 2.24. The van der Waals surface area contributed by atoms with E-state index in [2.05, 4.69) is 21.2 Å². The van der Waals surface area contributed by atoms with Gasteiger partial charge in [0.05, 0.1) is 18.8 Å². The van der Waals surface area contributed by atoms with Crippen molar-refractivity contribution in [2.45, 2.75) is 25.3 Å². The normalized spacial score (nSPS) is 11.5. The van der Waals surface area contributed by atoms with Crippen molar-refractivity contribution >= 4 is 33.2 Å². The number of rotatable bonds is 6. The molecule has 6 heteroatoms. The van der Waals surface area contributed by atoms with Crippen LogP contribution in [0.3, 0.4) is 0 Å². The number of carbonyl (C=O) groups is 1. The van der Waals surface area contributed by atoms with Crippen molar-refractivity contribution in [1.29, 1.82) is 0 Å². The van der Waals surface area contributed by atoms with Gasteiger partial charge in [0.25, 0.3) is 0 Å². The van der Waals surface area contributed by atoms with Crippen molar-refractivity contribution in [3.05, 3.63) is 20.8 Å². The molecule has 0 aliphatic carbocycles. The van der Waals surface area contributed by atoms with Crippen molar-refractivity contribution in [2.75, 3.05) is 13.2 Å². The minimum atomic E-state index is -0.937. The van der Waals surface area contributed by atoms with E-state index in [4.69, 9.17) is 10.2 Å². The van der Waals surface area contributed by atoms with E-state index >= 15 is 0 Å². The Balaban J connectivity index is 2.40. The summed E-state index contributed by atoms with van der Waals surface area (Å²) in [6.07, 6.45) is 1.01. The van der Waals surface area contributed by atoms with Crippen LogP contribution in [0.25, 0.3) is 0 Å². The predicted octanol–water partition coefficient (Wildman–Crippen LogP) is 1.30. The lowest BCUT2D eigenvalue weighted by atomic mass is 10.1. The Morgan fingerprint density at radius 2 is 2.18 bits per heavy atom. The number of aliphatic hydroxyl groups is 2. The lowest BCUT2D eigenvalue weighted by Gasteiger charge is -2.26. The molecule has 0 aliphatic heterocycles. The van der Waals surface area contributed by atoms with Gasteiger partial charge >= 0.3 is 0 Å². The first kappa shape index (κ1) is 14.6. The van der Waals surface area contributed by atoms with Crippen LogP contribution in [0.1, 0.15) is 18.2 Å². The van der Waals surface area contributed by atoms with Gasteiger partial charge in [0.15, 0.2) is 0 Å². The van der Waals surface area contributed by atoms with Gasteiger partial charge in [-0.2, -0.15) is 0 Å². The molecule has 0 saturated heterocycles. The molecular formula is C11H16BrNO3S. The molecule has 0 aliphatic rings. The molecule has 96 valence electrons. The SMILES string of the molecule is CC(CO)(CO)NC(=O)CCc1cc(Br)cs1. The summed E-state index contributed by atoms with van der Waals surface area (Å²) in [5.41, 5.74) is -0.937. The first-order valence-corrected chi connectivity index (χ1v) is 6.92. The number of nitrogens with one attached hydrogen (secondary N) is 1. The number of carbonyl (C=O) groups excluding carboxylic acids is 1. The van der Waals surface area contributed by atoms with E-state index in [0.717, 1.165) is 9.35 Å². The summed E-state index contributed by atoms with van der Waals surface area (Å²) in [5.74, 6) is -0.167. The second-order valence-corrected chi connectivity index (χ2v) is 6.07. The number of halogens is 1. The Kier molecular flexibility index (Phi) is 5.58. The third-order valence-corrected chi connectivity index (χ3v) is 4.12. The van der Waals surface area contributed by atoms with Gasteiger partial charge in [0.2, 0.25) is 5.91 Å². The quantitative estimate of drug-likeness (QED) is 0.739. The Labute approximate surface area is 113 Å². The summed E-state index contributed by atoms with van der Waals surface area (Å²) in [5, 5.41) is 22.7. The summed E-state index contributed by atoms with van der Waals surface area (Å²) >= 11 is 4.95. The van der Waals surface area contributed by atoms with E-state index in [1.54, 1.807) is 18.3 Å². The van der Waals surface area contributed by atoms with Gasteiger partial charge in [-0.15, -0.1) is 11.3 Å². The predicted molar refractivity (Wildman–Crippen MR) is 71.1 cm³/mol. The smallest absolute Gasteiger partial charge is 0.220 e. The number of hydrogen-bond acceptors (Lipinski definition) is 4. The minimum Gasteiger partial charge on any atom is -0.394 e. The van der Waals surface area contributed by atoms with Gasteiger partial charge in [-0.3, -0.25) is 4.79 Å². The van der Waals surface area contributed by atoms with Crippen LogP contribution >= 0.6 is 27.3 Å². The Hall–Kier alpha value is -0.430. The molecule has 0 unspecified atom stereocenters. The first-order valence-electron chi connectivity index (χ1n) is 5.25. The Morgan fingerprint density at radius 1 is 1.53 bits per heavy atom. The zero-order valence-electron chi connectivity index (χ0n) is 9.57. The average Bonchev–Trinajstić information content (AvgIpc) is 2.72. The van der Waals surface area contributed by atoms with Gasteiger partial charge in [0, 0.05) is 21.2 Å². The topological polar surface area (TPSA) is 69.6 Å². The van der Waals surface area contributed by atoms with Crippen LogP contribution in [0.4, 0.5) is 0 Å². The molecular weight excluding hydrogens is 306 g/mol. The number of aryl methyl sites for hydroxylation is 1. The van der Waals surface area contributed by atoms with E-state index in [0.29, 0.717) is 12.8 Å². The van der Waals surface area contributed by atoms with Crippen molar-refractivity contribution in [3.63, 3.8) is 0 Å². The molecule has 0 spiro atoms. The molecule has 0 bridgehead atoms. The van der Waals surface area contributed by atoms with E-state index < -0.39 is 5.54 Å². The average molecular weight is 322 g/mol. The zero-order chi connectivity index (χ0) is 12.9. The molecule has 1 rings (SSSR count). The van der Waals surface area contributed by atoms with Crippen LogP contribution in [0.15, 0.2) is 15.9 Å². The second-order valence-electron chi connectivity index (χ2n) is 4.16. The van der Waals surface area contributed by atoms with Gasteiger partial charge < -0.3 is 15.5 Å². The van der Waals surface area contributed by atoms with Gasteiger partial charge in [0.1, 0.15) is 0 Å². The number of thiophene rings is 1. The summed E-state index contributed by atoms with van der Waals surface area (Å²) in [7, 11) is 0. The van der Waals surface area contributed by atoms with Crippen LogP contribution in [0.2, 0.25) is 0 Å². The number of aliphatic hydroxyl groups excluding tert-OH is 2. The second kappa shape index (κ2) is 6.49. The van der Waals surface area contributed by atoms with E-state index in [1.165, 1.54) is 0 Å². The van der Waals surface area contributed by atoms with Crippen LogP contribution in [0.5, 0.6) is 0 Å². The third-order valence-electron chi connectivity index (χ3n) is 2.36. The molecule has 1 amide bonds. The summed E-state index contributed by atoms with van der Waals surface area (Å²) in [4.78, 5) is 12.7. The van der Waals surface area contributed by atoms with Crippen molar-refractivity contribution in [1.82, 2.24) is 5.32 Å². The number of amides is 1. The largest absolute Gasteiger partial charge is 0.394 e. The fraction of sp³-hybridized carbons (Fsp3) is 0.545. The highest BCUT2D eigenvalue weighted by Crippen LogP contribution is 2.20. The van der Waals surface area contributed by atoms with Gasteiger partial charge in [-0.05, 0) is 35.3 Å². The standard InChI is InChI=1S/C11H16BrNO3S/c1-11(6-14,7-15)13-10(16)3-2-9-4-8(12)5-17-9/h4-5,14-15H,2-3,6-7H2,1H3,(H,13,16). The van der Waals surface area contributed by atoms with Gasteiger partial charge in [-0.25, -0.2) is 0 Å². The fourth-order valence-corrected chi connectivity index (χ4v) is 2.70. The molecule has 17 heavy (non-hydrogen) atoms. The zero-order valence-corrected chi connectivity index (χ0v) is 12.0. The Morgan fingerprint density at radius 3 is 2.65 bits per heavy atom. The number of hydrogen-bond donors (Lipinski definition) is 3. The maximum Gasteiger partial charge on any atom is 0.220 e. The van der Waals surface area contributed by atoms with Crippen molar-refractivity contribution < 1.29 is 15.0 Å². The highest BCUT2D eigenvalue weighted by molar-refractivity contribution is 9.10. The van der Waals surface area contributed by atoms with Crippen LogP contribution in [-0.4, -0.2) is 34.9 Å². The van der Waals surface area contributed by atoms with E-state index in [1.807, 2.05) is 11.4 Å². The maximum absolute atomic E-state index is 11.6. The molecule has 0 aromatic carbocycles. The molecule has 4 nitrogen and oxygen atoms in total. The first-order chi connectivity index (χ1) is 7.99. The van der Waals surface area contributed by atoms with Gasteiger partial charge in [-0.1, -0.05) is 0 Å². The van der Waals surface area contributed by atoms with Crippen LogP contribution < -0.4 is 5.32 Å². The fourth-order valence-electron chi connectivity index (χ4n) is 1.25. The highest BCUT2D eigenvalue weighted by atomic mass is 79.9. The molecule has 1 heterocycles. The van der Waals surface area contributed by atoms with Crippen LogP contribution in [-0.2, 0) is 11.2 Å².